The zero-order valence-corrected chi connectivity index (χ0v) is 10.3. The Bertz CT molecular complexity index is 282. The van der Waals surface area contributed by atoms with Gasteiger partial charge in [0, 0.05) is 31.5 Å². The van der Waals surface area contributed by atoms with Crippen molar-refractivity contribution in [2.24, 2.45) is 5.92 Å². The maximum absolute atomic E-state index is 11.5. The van der Waals surface area contributed by atoms with Crippen molar-refractivity contribution in [1.82, 2.24) is 4.90 Å². The predicted molar refractivity (Wildman–Crippen MR) is 63.3 cm³/mol. The molecule has 0 aromatic heterocycles. The molecule has 0 spiro atoms. The van der Waals surface area contributed by atoms with Crippen LogP contribution >= 0.6 is 0 Å². The summed E-state index contributed by atoms with van der Waals surface area (Å²) in [6, 6.07) is 0.344. The van der Waals surface area contributed by atoms with Crippen LogP contribution in [0.15, 0.2) is 12.2 Å². The van der Waals surface area contributed by atoms with Crippen molar-refractivity contribution >= 4 is 5.78 Å². The molecule has 0 radical (unpaired) electrons. The Hall–Kier alpha value is -0.670. The molecule has 3 nitrogen and oxygen atoms in total. The first-order valence-electron chi connectivity index (χ1n) is 6.18. The van der Waals surface area contributed by atoms with E-state index in [1.54, 1.807) is 6.08 Å². The molecule has 16 heavy (non-hydrogen) atoms. The number of nitrogens with zero attached hydrogens (tertiary/aromatic N) is 1. The van der Waals surface area contributed by atoms with Gasteiger partial charge in [0.15, 0.2) is 5.78 Å². The Balaban J connectivity index is 1.83. The van der Waals surface area contributed by atoms with Gasteiger partial charge in [-0.15, -0.1) is 0 Å². The number of carbonyl (C=O) groups is 1. The van der Waals surface area contributed by atoms with Gasteiger partial charge >= 0.3 is 0 Å². The van der Waals surface area contributed by atoms with Crippen molar-refractivity contribution in [2.75, 3.05) is 13.1 Å². The Labute approximate surface area is 97.5 Å². The first kappa shape index (κ1) is 11.8. The molecule has 3 unspecified atom stereocenters. The van der Waals surface area contributed by atoms with Crippen LogP contribution in [0.5, 0.6) is 0 Å². The monoisotopic (exact) mass is 223 g/mol. The third-order valence-electron chi connectivity index (χ3n) is 3.47. The lowest BCUT2D eigenvalue weighted by Crippen LogP contribution is -2.59. The van der Waals surface area contributed by atoms with Crippen molar-refractivity contribution in [3.05, 3.63) is 12.2 Å². The van der Waals surface area contributed by atoms with Gasteiger partial charge in [-0.2, -0.15) is 0 Å². The molecule has 3 aliphatic heterocycles. The van der Waals surface area contributed by atoms with Crippen LogP contribution in [0.4, 0.5) is 0 Å². The molecule has 3 rings (SSSR count). The Morgan fingerprint density at radius 1 is 1.31 bits per heavy atom. The molecule has 3 heteroatoms. The van der Waals surface area contributed by atoms with Gasteiger partial charge < -0.3 is 4.74 Å². The largest absolute Gasteiger partial charge is 0.372 e. The molecule has 0 aliphatic carbocycles. The predicted octanol–water partition coefficient (Wildman–Crippen LogP) is 1.63. The third kappa shape index (κ3) is 2.53. The van der Waals surface area contributed by atoms with Crippen LogP contribution in [-0.2, 0) is 9.53 Å². The molecule has 3 atom stereocenters. The van der Waals surface area contributed by atoms with Gasteiger partial charge in [0.2, 0.25) is 0 Å². The van der Waals surface area contributed by atoms with Crippen LogP contribution < -0.4 is 0 Å². The first-order valence-corrected chi connectivity index (χ1v) is 6.18. The lowest BCUT2D eigenvalue weighted by atomic mass is 9.97. The maximum atomic E-state index is 11.5. The molecule has 2 bridgehead atoms. The molecule has 0 aromatic carbocycles. The molecule has 3 saturated heterocycles. The van der Waals surface area contributed by atoms with Crippen molar-refractivity contribution in [2.45, 2.75) is 45.4 Å². The molecule has 0 N–H and O–H groups in total. The molecule has 0 amide bonds. The second-order valence-corrected chi connectivity index (χ2v) is 5.23. The van der Waals surface area contributed by atoms with Gasteiger partial charge in [-0.1, -0.05) is 19.9 Å². The van der Waals surface area contributed by atoms with E-state index in [2.05, 4.69) is 11.8 Å². The van der Waals surface area contributed by atoms with Gasteiger partial charge in [-0.3, -0.25) is 9.69 Å². The summed E-state index contributed by atoms with van der Waals surface area (Å²) in [4.78, 5) is 13.9. The minimum atomic E-state index is 0.0986. The minimum Gasteiger partial charge on any atom is -0.372 e. The smallest absolute Gasteiger partial charge is 0.157 e. The van der Waals surface area contributed by atoms with Gasteiger partial charge in [0.25, 0.3) is 0 Å². The van der Waals surface area contributed by atoms with E-state index in [0.29, 0.717) is 18.2 Å². The molecule has 3 heterocycles. The molecule has 0 aromatic rings. The number of carbonyl (C=O) groups excluding carboxylic acids is 1. The average molecular weight is 223 g/mol. The number of piperidine rings is 1. The summed E-state index contributed by atoms with van der Waals surface area (Å²) in [5.41, 5.74) is 0. The summed E-state index contributed by atoms with van der Waals surface area (Å²) >= 11 is 0. The second kappa shape index (κ2) is 4.68. The molecule has 0 saturated carbocycles. The Morgan fingerprint density at radius 2 is 1.88 bits per heavy atom. The Morgan fingerprint density at radius 3 is 2.38 bits per heavy atom. The summed E-state index contributed by atoms with van der Waals surface area (Å²) in [6.07, 6.45) is 5.85. The number of hydrogen-bond acceptors (Lipinski definition) is 3. The number of hydrogen-bond donors (Lipinski definition) is 0. The SMILES string of the molecule is CC(C)C(=O)/C=C/C(C)N1CC2CC(C1)O2. The quantitative estimate of drug-likeness (QED) is 0.678. The standard InChI is InChI=1S/C13H21NO2/c1-9(2)13(15)5-4-10(3)14-7-11-6-12(8-14)16-11/h4-5,9-12H,6-8H2,1-3H3/b5-4+. The third-order valence-corrected chi connectivity index (χ3v) is 3.47. The number of ketones is 1. The molecule has 90 valence electrons. The topological polar surface area (TPSA) is 29.5 Å². The highest BCUT2D eigenvalue weighted by Crippen LogP contribution is 2.29. The summed E-state index contributed by atoms with van der Waals surface area (Å²) in [6.45, 7) is 8.03. The van der Waals surface area contributed by atoms with E-state index in [0.717, 1.165) is 13.1 Å². The fraction of sp³-hybridized carbons (Fsp3) is 0.769. The minimum absolute atomic E-state index is 0.0986. The lowest BCUT2D eigenvalue weighted by molar-refractivity contribution is -0.184. The molecule has 3 aliphatic rings. The zero-order valence-electron chi connectivity index (χ0n) is 10.3. The van der Waals surface area contributed by atoms with Gasteiger partial charge in [0.05, 0.1) is 12.2 Å². The van der Waals surface area contributed by atoms with Crippen molar-refractivity contribution in [3.63, 3.8) is 0 Å². The van der Waals surface area contributed by atoms with E-state index in [1.807, 2.05) is 19.9 Å². The van der Waals surface area contributed by atoms with E-state index in [1.165, 1.54) is 6.42 Å². The fourth-order valence-corrected chi connectivity index (χ4v) is 2.27. The highest BCUT2D eigenvalue weighted by molar-refractivity contribution is 5.91. The number of fused-ring (bicyclic) bond motifs is 2. The molecular weight excluding hydrogens is 202 g/mol. The summed E-state index contributed by atoms with van der Waals surface area (Å²) in [5.74, 6) is 0.312. The molecule has 3 fully saturated rings. The van der Waals surface area contributed by atoms with Gasteiger partial charge in [-0.05, 0) is 13.0 Å². The lowest BCUT2D eigenvalue weighted by Gasteiger charge is -2.48. The van der Waals surface area contributed by atoms with E-state index < -0.39 is 0 Å². The van der Waals surface area contributed by atoms with Crippen LogP contribution in [0.25, 0.3) is 0 Å². The average Bonchev–Trinajstić information content (AvgIpc) is 2.24. The number of morpholine rings is 1. The van der Waals surface area contributed by atoms with Crippen molar-refractivity contribution in [1.29, 1.82) is 0 Å². The van der Waals surface area contributed by atoms with E-state index in [9.17, 15) is 4.79 Å². The zero-order chi connectivity index (χ0) is 11.7. The van der Waals surface area contributed by atoms with Crippen molar-refractivity contribution < 1.29 is 9.53 Å². The van der Waals surface area contributed by atoms with Crippen molar-refractivity contribution in [3.8, 4) is 0 Å². The highest BCUT2D eigenvalue weighted by Gasteiger charge is 2.39. The maximum Gasteiger partial charge on any atom is 0.157 e. The van der Waals surface area contributed by atoms with Crippen LogP contribution in [0.1, 0.15) is 27.2 Å². The number of rotatable bonds is 4. The number of allylic oxidation sites excluding steroid dienone is 1. The highest BCUT2D eigenvalue weighted by atomic mass is 16.5. The summed E-state index contributed by atoms with van der Waals surface area (Å²) < 4.78 is 5.59. The van der Waals surface area contributed by atoms with E-state index >= 15 is 0 Å². The van der Waals surface area contributed by atoms with E-state index in [-0.39, 0.29) is 11.7 Å². The van der Waals surface area contributed by atoms with E-state index in [4.69, 9.17) is 4.74 Å². The normalized spacial score (nSPS) is 31.8. The summed E-state index contributed by atoms with van der Waals surface area (Å²) in [5, 5.41) is 0. The van der Waals surface area contributed by atoms with Gasteiger partial charge in [0.1, 0.15) is 0 Å². The van der Waals surface area contributed by atoms with Crippen LogP contribution in [-0.4, -0.2) is 42.0 Å². The number of ether oxygens (including phenoxy) is 1. The van der Waals surface area contributed by atoms with Gasteiger partial charge in [-0.25, -0.2) is 0 Å². The fourth-order valence-electron chi connectivity index (χ4n) is 2.27. The summed E-state index contributed by atoms with van der Waals surface area (Å²) in [7, 11) is 0. The first-order chi connectivity index (χ1) is 7.56. The second-order valence-electron chi connectivity index (χ2n) is 5.23. The van der Waals surface area contributed by atoms with Crippen LogP contribution in [0.3, 0.4) is 0 Å². The molecular formula is C13H21NO2. The van der Waals surface area contributed by atoms with Crippen LogP contribution in [0.2, 0.25) is 0 Å². The Kier molecular flexibility index (Phi) is 3.45. The van der Waals surface area contributed by atoms with Crippen LogP contribution in [0, 0.1) is 5.92 Å².